The molecule has 2 aliphatic heterocycles. The normalized spacial score (nSPS) is 18.4. The molecule has 0 saturated carbocycles. The van der Waals surface area contributed by atoms with Crippen molar-refractivity contribution in [1.29, 1.82) is 0 Å². The Morgan fingerprint density at radius 3 is 2.10 bits per heavy atom. The highest BCUT2D eigenvalue weighted by Crippen LogP contribution is 2.24. The van der Waals surface area contributed by atoms with Gasteiger partial charge < -0.3 is 9.80 Å². The number of aryl methyl sites for hydroxylation is 2. The van der Waals surface area contributed by atoms with E-state index >= 15 is 0 Å². The minimum atomic E-state index is 0.285. The summed E-state index contributed by atoms with van der Waals surface area (Å²) in [4.78, 5) is 22.2. The fraction of sp³-hybridized carbons (Fsp3) is 0.500. The van der Waals surface area contributed by atoms with Gasteiger partial charge >= 0.3 is 0 Å². The summed E-state index contributed by atoms with van der Waals surface area (Å²) in [6.07, 6.45) is 0. The van der Waals surface area contributed by atoms with Gasteiger partial charge in [0, 0.05) is 64.6 Å². The first-order valence-corrected chi connectivity index (χ1v) is 11.6. The van der Waals surface area contributed by atoms with Crippen LogP contribution in [-0.2, 0) is 11.3 Å². The van der Waals surface area contributed by atoms with Crippen LogP contribution in [0.2, 0.25) is 0 Å². The predicted octanol–water partition coefficient (Wildman–Crippen LogP) is 3.08. The molecule has 31 heavy (non-hydrogen) atoms. The largest absolute Gasteiger partial charge is 0.368 e. The molecule has 2 aliphatic rings. The molecule has 0 atom stereocenters. The molecule has 0 N–H and O–H groups in total. The van der Waals surface area contributed by atoms with Crippen LogP contribution in [0.15, 0.2) is 42.5 Å². The number of anilines is 1. The SMILES string of the molecule is Cc1ccccc1CN1CCN(CC(=O)N2CCN(c3cccc(C)c3C)CC2)CC1. The highest BCUT2D eigenvalue weighted by molar-refractivity contribution is 5.78. The molecule has 166 valence electrons. The Morgan fingerprint density at radius 1 is 0.742 bits per heavy atom. The Bertz CT molecular complexity index is 896. The van der Waals surface area contributed by atoms with Crippen LogP contribution in [0, 0.1) is 20.8 Å². The standard InChI is InChI=1S/C26H36N4O/c1-21-8-6-10-25(23(21)3)29-15-17-30(18-16-29)26(31)20-28-13-11-27(12-14-28)19-24-9-5-4-7-22(24)2/h4-10H,11-20H2,1-3H3. The van der Waals surface area contributed by atoms with Gasteiger partial charge in [-0.25, -0.2) is 0 Å². The van der Waals surface area contributed by atoms with Crippen LogP contribution < -0.4 is 4.90 Å². The molecule has 2 aromatic carbocycles. The van der Waals surface area contributed by atoms with E-state index in [0.29, 0.717) is 6.54 Å². The zero-order valence-corrected chi connectivity index (χ0v) is 19.3. The van der Waals surface area contributed by atoms with Crippen molar-refractivity contribution in [1.82, 2.24) is 14.7 Å². The van der Waals surface area contributed by atoms with Crippen LogP contribution in [0.1, 0.15) is 22.3 Å². The van der Waals surface area contributed by atoms with Crippen molar-refractivity contribution in [3.8, 4) is 0 Å². The zero-order chi connectivity index (χ0) is 21.8. The number of benzene rings is 2. The third-order valence-electron chi connectivity index (χ3n) is 7.03. The van der Waals surface area contributed by atoms with Gasteiger partial charge in [-0.3, -0.25) is 14.6 Å². The second-order valence-electron chi connectivity index (χ2n) is 9.07. The second kappa shape index (κ2) is 9.84. The molecular formula is C26H36N4O. The quantitative estimate of drug-likeness (QED) is 0.744. The lowest BCUT2D eigenvalue weighted by atomic mass is 10.1. The average Bonchev–Trinajstić information content (AvgIpc) is 2.79. The van der Waals surface area contributed by atoms with Crippen LogP contribution in [0.25, 0.3) is 0 Å². The van der Waals surface area contributed by atoms with Gasteiger partial charge in [-0.15, -0.1) is 0 Å². The maximum atomic E-state index is 12.9. The lowest BCUT2D eigenvalue weighted by Crippen LogP contribution is -2.53. The molecule has 0 bridgehead atoms. The Labute approximate surface area is 187 Å². The number of hydrogen-bond acceptors (Lipinski definition) is 4. The highest BCUT2D eigenvalue weighted by atomic mass is 16.2. The summed E-state index contributed by atoms with van der Waals surface area (Å²) in [5, 5.41) is 0. The summed E-state index contributed by atoms with van der Waals surface area (Å²) >= 11 is 0. The van der Waals surface area contributed by atoms with Crippen LogP contribution >= 0.6 is 0 Å². The van der Waals surface area contributed by atoms with Gasteiger partial charge in [-0.1, -0.05) is 36.4 Å². The van der Waals surface area contributed by atoms with E-state index < -0.39 is 0 Å². The van der Waals surface area contributed by atoms with Crippen LogP contribution in [-0.4, -0.2) is 79.5 Å². The summed E-state index contributed by atoms with van der Waals surface area (Å²) in [6, 6.07) is 15.1. The monoisotopic (exact) mass is 420 g/mol. The summed E-state index contributed by atoms with van der Waals surface area (Å²) in [5.41, 5.74) is 6.77. The van der Waals surface area contributed by atoms with Crippen molar-refractivity contribution in [2.75, 3.05) is 63.8 Å². The lowest BCUT2D eigenvalue weighted by Gasteiger charge is -2.39. The third kappa shape index (κ3) is 5.28. The van der Waals surface area contributed by atoms with Crippen molar-refractivity contribution >= 4 is 11.6 Å². The molecule has 1 amide bonds. The molecule has 2 fully saturated rings. The zero-order valence-electron chi connectivity index (χ0n) is 19.3. The number of piperazine rings is 2. The van der Waals surface area contributed by atoms with Gasteiger partial charge in [0.15, 0.2) is 0 Å². The molecule has 2 heterocycles. The predicted molar refractivity (Wildman–Crippen MR) is 128 cm³/mol. The Hall–Kier alpha value is -2.37. The molecule has 0 radical (unpaired) electrons. The molecule has 2 aromatic rings. The van der Waals surface area contributed by atoms with Gasteiger partial charge in [0.25, 0.3) is 0 Å². The maximum absolute atomic E-state index is 12.9. The van der Waals surface area contributed by atoms with E-state index in [2.05, 4.69) is 82.8 Å². The Balaban J connectivity index is 1.22. The van der Waals surface area contributed by atoms with Crippen LogP contribution in [0.5, 0.6) is 0 Å². The molecule has 5 heteroatoms. The van der Waals surface area contributed by atoms with Crippen molar-refractivity contribution in [3.63, 3.8) is 0 Å². The lowest BCUT2D eigenvalue weighted by molar-refractivity contribution is -0.133. The number of rotatable bonds is 5. The van der Waals surface area contributed by atoms with Gasteiger partial charge in [-0.2, -0.15) is 0 Å². The van der Waals surface area contributed by atoms with Crippen molar-refractivity contribution in [2.45, 2.75) is 27.3 Å². The van der Waals surface area contributed by atoms with Gasteiger partial charge in [-0.05, 0) is 49.1 Å². The summed E-state index contributed by atoms with van der Waals surface area (Å²) in [7, 11) is 0. The molecule has 0 spiro atoms. The van der Waals surface area contributed by atoms with Crippen LogP contribution in [0.4, 0.5) is 5.69 Å². The van der Waals surface area contributed by atoms with E-state index in [1.165, 1.54) is 27.9 Å². The fourth-order valence-electron chi connectivity index (χ4n) is 4.70. The smallest absolute Gasteiger partial charge is 0.236 e. The first-order valence-electron chi connectivity index (χ1n) is 11.6. The fourth-order valence-corrected chi connectivity index (χ4v) is 4.70. The summed E-state index contributed by atoms with van der Waals surface area (Å²) in [5.74, 6) is 0.285. The number of carbonyl (C=O) groups excluding carboxylic acids is 1. The molecular weight excluding hydrogens is 384 g/mol. The maximum Gasteiger partial charge on any atom is 0.236 e. The van der Waals surface area contributed by atoms with E-state index in [1.807, 2.05) is 0 Å². The van der Waals surface area contributed by atoms with E-state index in [4.69, 9.17) is 0 Å². The van der Waals surface area contributed by atoms with Crippen molar-refractivity contribution in [3.05, 3.63) is 64.7 Å². The van der Waals surface area contributed by atoms with E-state index in [9.17, 15) is 4.79 Å². The van der Waals surface area contributed by atoms with E-state index in [0.717, 1.165) is 58.9 Å². The molecule has 2 saturated heterocycles. The van der Waals surface area contributed by atoms with Gasteiger partial charge in [0.1, 0.15) is 0 Å². The Morgan fingerprint density at radius 2 is 1.39 bits per heavy atom. The molecule has 4 rings (SSSR count). The number of carbonyl (C=O) groups is 1. The van der Waals surface area contributed by atoms with Crippen molar-refractivity contribution in [2.24, 2.45) is 0 Å². The first-order chi connectivity index (χ1) is 15.0. The molecule has 5 nitrogen and oxygen atoms in total. The van der Waals surface area contributed by atoms with Gasteiger partial charge in [0.2, 0.25) is 5.91 Å². The average molecular weight is 421 g/mol. The van der Waals surface area contributed by atoms with Crippen LogP contribution in [0.3, 0.4) is 0 Å². The number of nitrogens with zero attached hydrogens (tertiary/aromatic N) is 4. The first kappa shape index (κ1) is 21.8. The summed E-state index contributed by atoms with van der Waals surface area (Å²) in [6.45, 7) is 15.6. The van der Waals surface area contributed by atoms with E-state index in [-0.39, 0.29) is 5.91 Å². The summed E-state index contributed by atoms with van der Waals surface area (Å²) < 4.78 is 0. The number of amides is 1. The van der Waals surface area contributed by atoms with E-state index in [1.54, 1.807) is 0 Å². The number of hydrogen-bond donors (Lipinski definition) is 0. The third-order valence-corrected chi connectivity index (χ3v) is 7.03. The van der Waals surface area contributed by atoms with Gasteiger partial charge in [0.05, 0.1) is 6.54 Å². The second-order valence-corrected chi connectivity index (χ2v) is 9.07. The minimum Gasteiger partial charge on any atom is -0.368 e. The topological polar surface area (TPSA) is 30.0 Å². The highest BCUT2D eigenvalue weighted by Gasteiger charge is 2.25. The minimum absolute atomic E-state index is 0.285. The molecule has 0 unspecified atom stereocenters. The molecule has 0 aliphatic carbocycles. The molecule has 0 aromatic heterocycles. The Kier molecular flexibility index (Phi) is 6.93. The van der Waals surface area contributed by atoms with Crippen molar-refractivity contribution < 1.29 is 4.79 Å².